The van der Waals surface area contributed by atoms with Gasteiger partial charge in [-0.3, -0.25) is 9.59 Å². The predicted octanol–water partition coefficient (Wildman–Crippen LogP) is 3.22. The van der Waals surface area contributed by atoms with Crippen LogP contribution in [0.2, 0.25) is 0 Å². The van der Waals surface area contributed by atoms with Crippen molar-refractivity contribution in [3.05, 3.63) is 0 Å². The fraction of sp³-hybridized carbons (Fsp3) is 0.857. The molecule has 0 aliphatic carbocycles. The van der Waals surface area contributed by atoms with Crippen LogP contribution in [-0.4, -0.2) is 66.2 Å². The molecule has 2 aliphatic rings. The third-order valence-electron chi connectivity index (χ3n) is 5.43. The molecule has 2 amide bonds. The Morgan fingerprint density at radius 2 is 1.68 bits per heavy atom. The van der Waals surface area contributed by atoms with Crippen LogP contribution in [0, 0.1) is 11.8 Å². The molecule has 0 unspecified atom stereocenters. The molecule has 28 heavy (non-hydrogen) atoms. The van der Waals surface area contributed by atoms with E-state index in [1.165, 1.54) is 0 Å². The number of nitrogens with zero attached hydrogens (tertiary/aromatic N) is 2. The van der Waals surface area contributed by atoms with E-state index in [-0.39, 0.29) is 23.9 Å². The highest BCUT2D eigenvalue weighted by Gasteiger charge is 2.30. The number of amides is 2. The van der Waals surface area contributed by atoms with Crippen molar-refractivity contribution in [1.82, 2.24) is 9.80 Å². The smallest absolute Gasteiger partial charge is 0.410 e. The predicted molar refractivity (Wildman–Crippen MR) is 106 cm³/mol. The Morgan fingerprint density at radius 3 is 2.29 bits per heavy atom. The van der Waals surface area contributed by atoms with Gasteiger partial charge in [-0.15, -0.1) is 0 Å². The van der Waals surface area contributed by atoms with Crippen molar-refractivity contribution in [3.63, 3.8) is 0 Å². The third-order valence-corrected chi connectivity index (χ3v) is 5.43. The second-order valence-corrected chi connectivity index (χ2v) is 8.88. The summed E-state index contributed by atoms with van der Waals surface area (Å²) >= 11 is 0. The molecular formula is C21H36N2O5. The summed E-state index contributed by atoms with van der Waals surface area (Å²) in [7, 11) is 0. The Bertz CT molecular complexity index is 549. The van der Waals surface area contributed by atoms with Gasteiger partial charge in [0.05, 0.1) is 12.5 Å². The minimum absolute atomic E-state index is 0.128. The van der Waals surface area contributed by atoms with Gasteiger partial charge in [0.15, 0.2) is 0 Å². The van der Waals surface area contributed by atoms with E-state index in [4.69, 9.17) is 9.47 Å². The molecule has 7 nitrogen and oxygen atoms in total. The number of rotatable bonds is 5. The molecule has 0 aromatic rings. The zero-order valence-electron chi connectivity index (χ0n) is 17.9. The van der Waals surface area contributed by atoms with Crippen molar-refractivity contribution >= 4 is 18.0 Å². The summed E-state index contributed by atoms with van der Waals surface area (Å²) in [6.45, 7) is 10.4. The number of carbonyl (C=O) groups is 3. The molecule has 0 aromatic heterocycles. The second kappa shape index (κ2) is 10.1. The first-order valence-corrected chi connectivity index (χ1v) is 10.6. The van der Waals surface area contributed by atoms with Crippen LogP contribution in [0.15, 0.2) is 0 Å². The molecule has 2 heterocycles. The highest BCUT2D eigenvalue weighted by Crippen LogP contribution is 2.25. The minimum atomic E-state index is -0.476. The molecular weight excluding hydrogens is 360 g/mol. The monoisotopic (exact) mass is 396 g/mol. The summed E-state index contributed by atoms with van der Waals surface area (Å²) in [5.74, 6) is 0.209. The summed E-state index contributed by atoms with van der Waals surface area (Å²) in [6, 6.07) is 0. The fourth-order valence-corrected chi connectivity index (χ4v) is 3.87. The lowest BCUT2D eigenvalue weighted by Crippen LogP contribution is -2.43. The Hall–Kier alpha value is -1.79. The molecule has 1 atom stereocenters. The number of esters is 1. The second-order valence-electron chi connectivity index (χ2n) is 8.88. The van der Waals surface area contributed by atoms with Crippen molar-refractivity contribution in [3.8, 4) is 0 Å². The van der Waals surface area contributed by atoms with Crippen molar-refractivity contribution in [2.75, 3.05) is 32.8 Å². The summed E-state index contributed by atoms with van der Waals surface area (Å²) in [4.78, 5) is 40.2. The van der Waals surface area contributed by atoms with Gasteiger partial charge in [0.2, 0.25) is 5.91 Å². The fourth-order valence-electron chi connectivity index (χ4n) is 3.87. The van der Waals surface area contributed by atoms with E-state index in [2.05, 4.69) is 0 Å². The van der Waals surface area contributed by atoms with Crippen molar-refractivity contribution in [2.45, 2.75) is 71.8 Å². The molecule has 2 saturated heterocycles. The summed E-state index contributed by atoms with van der Waals surface area (Å²) in [5.41, 5.74) is -0.476. The number of ether oxygens (including phenoxy) is 2. The molecule has 160 valence electrons. The normalized spacial score (nSPS) is 21.4. The van der Waals surface area contributed by atoms with Crippen LogP contribution in [0.4, 0.5) is 4.79 Å². The van der Waals surface area contributed by atoms with Crippen LogP contribution in [-0.2, 0) is 19.1 Å². The van der Waals surface area contributed by atoms with E-state index in [1.807, 2.05) is 25.7 Å². The van der Waals surface area contributed by atoms with Crippen molar-refractivity contribution < 1.29 is 23.9 Å². The van der Waals surface area contributed by atoms with E-state index < -0.39 is 5.60 Å². The molecule has 2 fully saturated rings. The van der Waals surface area contributed by atoms with Crippen molar-refractivity contribution in [1.29, 1.82) is 0 Å². The largest absolute Gasteiger partial charge is 0.466 e. The van der Waals surface area contributed by atoms with E-state index in [9.17, 15) is 14.4 Å². The van der Waals surface area contributed by atoms with Gasteiger partial charge in [-0.2, -0.15) is 0 Å². The van der Waals surface area contributed by atoms with Crippen molar-refractivity contribution in [2.24, 2.45) is 11.8 Å². The Morgan fingerprint density at radius 1 is 1.00 bits per heavy atom. The third kappa shape index (κ3) is 6.99. The molecule has 2 aliphatic heterocycles. The van der Waals surface area contributed by atoms with Crippen LogP contribution in [0.25, 0.3) is 0 Å². The van der Waals surface area contributed by atoms with Gasteiger partial charge >= 0.3 is 12.1 Å². The van der Waals surface area contributed by atoms with E-state index in [1.54, 1.807) is 11.8 Å². The first kappa shape index (κ1) is 22.5. The zero-order chi connectivity index (χ0) is 20.7. The van der Waals surface area contributed by atoms with Gasteiger partial charge < -0.3 is 19.3 Å². The van der Waals surface area contributed by atoms with E-state index in [0.29, 0.717) is 38.6 Å². The lowest BCUT2D eigenvalue weighted by molar-refractivity contribution is -0.151. The summed E-state index contributed by atoms with van der Waals surface area (Å²) in [5, 5.41) is 0. The molecule has 0 bridgehead atoms. The molecule has 2 rings (SSSR count). The average molecular weight is 397 g/mol. The quantitative estimate of drug-likeness (QED) is 0.667. The van der Waals surface area contributed by atoms with Crippen LogP contribution < -0.4 is 0 Å². The average Bonchev–Trinajstić information content (AvgIpc) is 2.65. The van der Waals surface area contributed by atoms with Gasteiger partial charge in [0, 0.05) is 32.6 Å². The zero-order valence-corrected chi connectivity index (χ0v) is 17.9. The molecule has 0 spiro atoms. The highest BCUT2D eigenvalue weighted by atomic mass is 16.6. The Balaban J connectivity index is 1.71. The maximum Gasteiger partial charge on any atom is 0.410 e. The number of hydrogen-bond donors (Lipinski definition) is 0. The van der Waals surface area contributed by atoms with Crippen LogP contribution in [0.3, 0.4) is 0 Å². The first-order chi connectivity index (χ1) is 13.2. The number of hydrogen-bond acceptors (Lipinski definition) is 5. The Labute approximate surface area is 168 Å². The topological polar surface area (TPSA) is 76.2 Å². The molecule has 0 radical (unpaired) electrons. The van der Waals surface area contributed by atoms with E-state index >= 15 is 0 Å². The number of carbonyl (C=O) groups excluding carboxylic acids is 3. The van der Waals surface area contributed by atoms with Gasteiger partial charge in [-0.25, -0.2) is 4.79 Å². The van der Waals surface area contributed by atoms with Gasteiger partial charge in [-0.05, 0) is 65.7 Å². The number of piperidine rings is 2. The molecule has 0 aromatic carbocycles. The SMILES string of the molecule is CCOC(=O)[C@@H]1CCCN(C(=O)CCC2CCN(C(=O)OC(C)(C)C)CC2)C1. The Kier molecular flexibility index (Phi) is 8.13. The van der Waals surface area contributed by atoms with Crippen LogP contribution >= 0.6 is 0 Å². The highest BCUT2D eigenvalue weighted by molar-refractivity contribution is 5.78. The minimum Gasteiger partial charge on any atom is -0.466 e. The maximum atomic E-state index is 12.6. The lowest BCUT2D eigenvalue weighted by atomic mass is 9.91. The summed E-state index contributed by atoms with van der Waals surface area (Å²) < 4.78 is 10.5. The molecule has 0 saturated carbocycles. The van der Waals surface area contributed by atoms with Gasteiger partial charge in [-0.1, -0.05) is 0 Å². The number of likely N-dealkylation sites (tertiary alicyclic amines) is 2. The van der Waals surface area contributed by atoms with Crippen LogP contribution in [0.5, 0.6) is 0 Å². The van der Waals surface area contributed by atoms with E-state index in [0.717, 1.165) is 38.6 Å². The molecule has 0 N–H and O–H groups in total. The van der Waals surface area contributed by atoms with Gasteiger partial charge in [0.1, 0.15) is 5.60 Å². The van der Waals surface area contributed by atoms with Crippen LogP contribution in [0.1, 0.15) is 66.2 Å². The molecule has 7 heteroatoms. The van der Waals surface area contributed by atoms with Gasteiger partial charge in [0.25, 0.3) is 0 Å². The lowest BCUT2D eigenvalue weighted by Gasteiger charge is -2.34. The maximum absolute atomic E-state index is 12.6. The summed E-state index contributed by atoms with van der Waals surface area (Å²) in [6.07, 6.45) is 4.54. The standard InChI is InChI=1S/C21H36N2O5/c1-5-27-19(25)17-7-6-12-23(15-17)18(24)9-8-16-10-13-22(14-11-16)20(26)28-21(2,3)4/h16-17H,5-15H2,1-4H3/t17-/m1/s1. The first-order valence-electron chi connectivity index (χ1n) is 10.6.